The van der Waals surface area contributed by atoms with E-state index in [9.17, 15) is 8.42 Å². The second-order valence-corrected chi connectivity index (χ2v) is 7.79. The second-order valence-electron chi connectivity index (χ2n) is 4.17. The van der Waals surface area contributed by atoms with E-state index in [1.54, 1.807) is 11.8 Å². The molecular formula is C11H15ClN2O2S2. The summed E-state index contributed by atoms with van der Waals surface area (Å²) in [5.74, 6) is 2.54. The van der Waals surface area contributed by atoms with Gasteiger partial charge in [-0.25, -0.2) is 13.4 Å². The number of nitrogens with zero attached hydrogens (tertiary/aromatic N) is 2. The van der Waals surface area contributed by atoms with E-state index in [0.29, 0.717) is 24.0 Å². The van der Waals surface area contributed by atoms with E-state index < -0.39 is 15.2 Å². The van der Waals surface area contributed by atoms with Gasteiger partial charge in [0.15, 0.2) is 9.84 Å². The van der Waals surface area contributed by atoms with Gasteiger partial charge < -0.3 is 4.90 Å². The Balaban J connectivity index is 2.33. The van der Waals surface area contributed by atoms with Gasteiger partial charge in [0.1, 0.15) is 11.2 Å². The fourth-order valence-corrected chi connectivity index (χ4v) is 4.88. The molecule has 1 aliphatic heterocycles. The van der Waals surface area contributed by atoms with Crippen molar-refractivity contribution in [3.05, 3.63) is 23.9 Å². The fraction of sp³-hybridized carbons (Fsp3) is 0.545. The zero-order valence-corrected chi connectivity index (χ0v) is 12.4. The van der Waals surface area contributed by atoms with Crippen molar-refractivity contribution < 1.29 is 8.42 Å². The first-order valence-corrected chi connectivity index (χ1v) is 9.22. The molecular weight excluding hydrogens is 292 g/mol. The maximum atomic E-state index is 11.8. The third kappa shape index (κ3) is 3.10. The Bertz CT molecular complexity index is 522. The summed E-state index contributed by atoms with van der Waals surface area (Å²) in [6.07, 6.45) is 1.28. The summed E-state index contributed by atoms with van der Waals surface area (Å²) in [5.41, 5.74) is 0.764. The van der Waals surface area contributed by atoms with Gasteiger partial charge in [-0.3, -0.25) is 0 Å². The molecule has 2 heterocycles. The molecule has 0 N–H and O–H groups in total. The van der Waals surface area contributed by atoms with Crippen LogP contribution in [-0.4, -0.2) is 43.1 Å². The number of anilines is 1. The van der Waals surface area contributed by atoms with Gasteiger partial charge >= 0.3 is 0 Å². The molecule has 0 amide bonds. The normalized spacial score (nSPS) is 21.0. The molecule has 100 valence electrons. The van der Waals surface area contributed by atoms with E-state index in [-0.39, 0.29) is 0 Å². The lowest BCUT2D eigenvalue weighted by Gasteiger charge is -2.35. The van der Waals surface area contributed by atoms with Crippen LogP contribution in [-0.2, 0) is 15.7 Å². The number of hydrogen-bond acceptors (Lipinski definition) is 5. The fourth-order valence-electron chi connectivity index (χ4n) is 1.90. The molecule has 1 atom stereocenters. The minimum Gasteiger partial charge on any atom is -0.338 e. The summed E-state index contributed by atoms with van der Waals surface area (Å²) in [6, 6.07) is 5.54. The smallest absolute Gasteiger partial charge is 0.169 e. The highest BCUT2D eigenvalue weighted by molar-refractivity contribution is 8.01. The van der Waals surface area contributed by atoms with Crippen LogP contribution in [0.4, 0.5) is 5.82 Å². The second kappa shape index (κ2) is 5.67. The molecule has 7 heteroatoms. The Morgan fingerprint density at radius 1 is 1.56 bits per heavy atom. The van der Waals surface area contributed by atoms with Crippen LogP contribution in [0.3, 0.4) is 0 Å². The molecule has 2 rings (SSSR count). The van der Waals surface area contributed by atoms with Gasteiger partial charge in [0.05, 0.1) is 11.6 Å². The number of hydrogen-bond donors (Lipinski definition) is 0. The maximum Gasteiger partial charge on any atom is 0.169 e. The van der Waals surface area contributed by atoms with Crippen LogP contribution in [0.25, 0.3) is 0 Å². The Morgan fingerprint density at radius 3 is 3.00 bits per heavy atom. The van der Waals surface area contributed by atoms with Crippen molar-refractivity contribution in [2.24, 2.45) is 0 Å². The van der Waals surface area contributed by atoms with Crippen molar-refractivity contribution in [1.29, 1.82) is 0 Å². The van der Waals surface area contributed by atoms with Crippen molar-refractivity contribution in [2.75, 3.05) is 29.2 Å². The van der Waals surface area contributed by atoms with Gasteiger partial charge in [-0.15, -0.1) is 11.6 Å². The Kier molecular flexibility index (Phi) is 4.40. The predicted octanol–water partition coefficient (Wildman–Crippen LogP) is 1.74. The van der Waals surface area contributed by atoms with E-state index in [4.69, 9.17) is 11.6 Å². The molecule has 0 saturated carbocycles. The number of halogens is 1. The third-order valence-corrected chi connectivity index (χ3v) is 5.72. The number of pyridine rings is 1. The van der Waals surface area contributed by atoms with Crippen LogP contribution in [0.1, 0.15) is 5.69 Å². The Labute approximate surface area is 117 Å². The number of rotatable bonds is 3. The predicted molar refractivity (Wildman–Crippen MR) is 77.1 cm³/mol. The van der Waals surface area contributed by atoms with E-state index in [1.807, 2.05) is 23.1 Å². The lowest BCUT2D eigenvalue weighted by molar-refractivity contribution is 0.583. The molecule has 1 aromatic rings. The lowest BCUT2D eigenvalue weighted by Crippen LogP contribution is -2.47. The van der Waals surface area contributed by atoms with Gasteiger partial charge in [0.2, 0.25) is 0 Å². The number of aromatic nitrogens is 1. The summed E-state index contributed by atoms with van der Waals surface area (Å²) < 4.78 is 23.6. The topological polar surface area (TPSA) is 50.3 Å². The van der Waals surface area contributed by atoms with Crippen LogP contribution in [0, 0.1) is 0 Å². The summed E-state index contributed by atoms with van der Waals surface area (Å²) >= 11 is 7.42. The van der Waals surface area contributed by atoms with Crippen molar-refractivity contribution in [3.63, 3.8) is 0 Å². The molecule has 0 aromatic carbocycles. The van der Waals surface area contributed by atoms with Crippen LogP contribution in [0.15, 0.2) is 18.2 Å². The summed E-state index contributed by atoms with van der Waals surface area (Å²) in [7, 11) is -3.11. The first-order valence-electron chi connectivity index (χ1n) is 5.57. The molecule has 0 aliphatic carbocycles. The van der Waals surface area contributed by atoms with Crippen molar-refractivity contribution in [1.82, 2.24) is 4.98 Å². The maximum absolute atomic E-state index is 11.8. The molecule has 1 unspecified atom stereocenters. The first-order chi connectivity index (χ1) is 8.52. The Morgan fingerprint density at radius 2 is 2.33 bits per heavy atom. The van der Waals surface area contributed by atoms with Gasteiger partial charge in [-0.1, -0.05) is 6.07 Å². The third-order valence-electron chi connectivity index (χ3n) is 2.80. The van der Waals surface area contributed by atoms with Gasteiger partial charge in [-0.2, -0.15) is 11.8 Å². The highest BCUT2D eigenvalue weighted by Crippen LogP contribution is 2.25. The van der Waals surface area contributed by atoms with Gasteiger partial charge in [-0.05, 0) is 12.1 Å². The first kappa shape index (κ1) is 14.0. The molecule has 1 aliphatic rings. The van der Waals surface area contributed by atoms with Crippen molar-refractivity contribution in [3.8, 4) is 0 Å². The zero-order valence-electron chi connectivity index (χ0n) is 10.0. The molecule has 0 bridgehead atoms. The van der Waals surface area contributed by atoms with Crippen LogP contribution in [0.2, 0.25) is 0 Å². The van der Waals surface area contributed by atoms with Crippen LogP contribution in [0.5, 0.6) is 0 Å². The summed E-state index contributed by atoms with van der Waals surface area (Å²) in [6.45, 7) is 0.696. The molecule has 1 saturated heterocycles. The number of thioether (sulfide) groups is 1. The molecule has 18 heavy (non-hydrogen) atoms. The van der Waals surface area contributed by atoms with Crippen LogP contribution < -0.4 is 4.90 Å². The molecule has 1 aromatic heterocycles. The molecule has 4 nitrogen and oxygen atoms in total. The average Bonchev–Trinajstić information content (AvgIpc) is 2.38. The van der Waals surface area contributed by atoms with E-state index in [2.05, 4.69) is 4.98 Å². The average molecular weight is 307 g/mol. The molecule has 0 spiro atoms. The van der Waals surface area contributed by atoms with Crippen molar-refractivity contribution >= 4 is 39.0 Å². The van der Waals surface area contributed by atoms with E-state index in [0.717, 1.165) is 11.4 Å². The summed E-state index contributed by atoms with van der Waals surface area (Å²) in [4.78, 5) is 6.26. The highest BCUT2D eigenvalue weighted by Gasteiger charge is 2.31. The SMILES string of the molecule is CS(=O)(=O)C1CSCCN1c1cccc(CCl)n1. The standard InChI is InChI=1S/C11H15ClN2O2S2/c1-18(15,16)11-8-17-6-5-14(11)10-4-2-3-9(7-12)13-10/h2-4,11H,5-8H2,1H3. The van der Waals surface area contributed by atoms with Crippen LogP contribution >= 0.6 is 23.4 Å². The van der Waals surface area contributed by atoms with E-state index in [1.165, 1.54) is 6.26 Å². The quantitative estimate of drug-likeness (QED) is 0.796. The number of sulfone groups is 1. The van der Waals surface area contributed by atoms with Gasteiger partial charge in [0.25, 0.3) is 0 Å². The minimum absolute atomic E-state index is 0.333. The monoisotopic (exact) mass is 306 g/mol. The van der Waals surface area contributed by atoms with E-state index >= 15 is 0 Å². The lowest BCUT2D eigenvalue weighted by atomic mass is 10.3. The molecule has 1 fully saturated rings. The minimum atomic E-state index is -3.11. The summed E-state index contributed by atoms with van der Waals surface area (Å²) in [5, 5.41) is -0.491. The highest BCUT2D eigenvalue weighted by atomic mass is 35.5. The zero-order chi connectivity index (χ0) is 13.2. The number of alkyl halides is 1. The molecule has 0 radical (unpaired) electrons. The Hall–Kier alpha value is -0.460. The largest absolute Gasteiger partial charge is 0.338 e. The van der Waals surface area contributed by atoms with Gasteiger partial charge in [0, 0.05) is 24.3 Å². The van der Waals surface area contributed by atoms with Crippen molar-refractivity contribution in [2.45, 2.75) is 11.3 Å².